The van der Waals surface area contributed by atoms with Crippen LogP contribution in [-0.2, 0) is 5.60 Å². The summed E-state index contributed by atoms with van der Waals surface area (Å²) in [6.07, 6.45) is 1.10. The number of halogens is 1. The van der Waals surface area contributed by atoms with E-state index >= 15 is 0 Å². The minimum absolute atomic E-state index is 0. The summed E-state index contributed by atoms with van der Waals surface area (Å²) in [4.78, 5) is 5.43. The van der Waals surface area contributed by atoms with Crippen LogP contribution in [0.4, 0.5) is 0 Å². The third kappa shape index (κ3) is 8.01. The molecule has 1 heterocycles. The van der Waals surface area contributed by atoms with Gasteiger partial charge in [0.1, 0.15) is 5.60 Å². The minimum Gasteiger partial charge on any atom is -0.383 e. The summed E-state index contributed by atoms with van der Waals surface area (Å²) in [6.45, 7) is 10.3. The van der Waals surface area contributed by atoms with Gasteiger partial charge in [0, 0.05) is 18.0 Å². The first-order chi connectivity index (χ1) is 9.45. The van der Waals surface area contributed by atoms with E-state index < -0.39 is 5.60 Å². The quantitative estimate of drug-likeness (QED) is 0.357. The van der Waals surface area contributed by atoms with Crippen molar-refractivity contribution in [3.63, 3.8) is 0 Å². The lowest BCUT2D eigenvalue weighted by Gasteiger charge is -2.20. The highest BCUT2D eigenvalue weighted by Gasteiger charge is 2.23. The highest BCUT2D eigenvalue weighted by atomic mass is 127. The maximum absolute atomic E-state index is 10.5. The zero-order valence-electron chi connectivity index (χ0n) is 13.3. The molecule has 1 aromatic heterocycles. The topological polar surface area (TPSA) is 56.7 Å². The van der Waals surface area contributed by atoms with Crippen LogP contribution in [0.25, 0.3) is 0 Å². The van der Waals surface area contributed by atoms with Crippen molar-refractivity contribution < 1.29 is 5.11 Å². The van der Waals surface area contributed by atoms with Gasteiger partial charge in [0.2, 0.25) is 0 Å². The maximum Gasteiger partial charge on any atom is 0.191 e. The molecule has 0 fully saturated rings. The van der Waals surface area contributed by atoms with Crippen molar-refractivity contribution in [2.24, 2.45) is 10.9 Å². The molecule has 1 aromatic rings. The molecule has 3 N–H and O–H groups in total. The van der Waals surface area contributed by atoms with Crippen molar-refractivity contribution in [2.75, 3.05) is 19.6 Å². The van der Waals surface area contributed by atoms with Crippen LogP contribution in [-0.4, -0.2) is 30.7 Å². The van der Waals surface area contributed by atoms with E-state index in [-0.39, 0.29) is 24.0 Å². The molecule has 0 bridgehead atoms. The average Bonchev–Trinajstić information content (AvgIpc) is 2.90. The largest absolute Gasteiger partial charge is 0.383 e. The second-order valence-corrected chi connectivity index (χ2v) is 6.50. The van der Waals surface area contributed by atoms with E-state index in [4.69, 9.17) is 0 Å². The molecular weight excluding hydrogens is 397 g/mol. The predicted molar refractivity (Wildman–Crippen MR) is 103 cm³/mol. The Bertz CT molecular complexity index is 405. The molecule has 0 radical (unpaired) electrons. The van der Waals surface area contributed by atoms with Crippen LogP contribution in [0.2, 0.25) is 0 Å². The van der Waals surface area contributed by atoms with Crippen molar-refractivity contribution in [1.29, 1.82) is 0 Å². The molecule has 0 saturated heterocycles. The van der Waals surface area contributed by atoms with E-state index in [9.17, 15) is 5.11 Å². The highest BCUT2D eigenvalue weighted by molar-refractivity contribution is 14.0. The van der Waals surface area contributed by atoms with Gasteiger partial charge in [-0.15, -0.1) is 35.3 Å². The summed E-state index contributed by atoms with van der Waals surface area (Å²) in [7, 11) is 0. The van der Waals surface area contributed by atoms with E-state index in [0.29, 0.717) is 12.5 Å². The molecule has 122 valence electrons. The third-order valence-corrected chi connectivity index (χ3v) is 4.08. The van der Waals surface area contributed by atoms with Gasteiger partial charge in [-0.2, -0.15) is 0 Å². The summed E-state index contributed by atoms with van der Waals surface area (Å²) >= 11 is 1.56. The Labute approximate surface area is 149 Å². The van der Waals surface area contributed by atoms with Crippen molar-refractivity contribution >= 4 is 41.3 Å². The van der Waals surface area contributed by atoms with Gasteiger partial charge in [0.05, 0.1) is 6.54 Å². The van der Waals surface area contributed by atoms with Gasteiger partial charge in [0.25, 0.3) is 0 Å². The fourth-order valence-electron chi connectivity index (χ4n) is 1.72. The van der Waals surface area contributed by atoms with Gasteiger partial charge >= 0.3 is 0 Å². The molecule has 4 nitrogen and oxygen atoms in total. The first-order valence-corrected chi connectivity index (χ1v) is 8.12. The Morgan fingerprint density at radius 2 is 2.14 bits per heavy atom. The molecule has 1 unspecified atom stereocenters. The fourth-order valence-corrected chi connectivity index (χ4v) is 2.50. The van der Waals surface area contributed by atoms with Gasteiger partial charge in [-0.05, 0) is 37.6 Å². The van der Waals surface area contributed by atoms with Crippen LogP contribution in [0.3, 0.4) is 0 Å². The van der Waals surface area contributed by atoms with E-state index in [1.807, 2.05) is 24.4 Å². The summed E-state index contributed by atoms with van der Waals surface area (Å²) in [5.74, 6) is 1.43. The third-order valence-electron chi connectivity index (χ3n) is 2.96. The lowest BCUT2D eigenvalue weighted by Crippen LogP contribution is -2.39. The summed E-state index contributed by atoms with van der Waals surface area (Å²) < 4.78 is 0. The monoisotopic (exact) mass is 425 g/mol. The number of rotatable bonds is 7. The van der Waals surface area contributed by atoms with Crippen molar-refractivity contribution in [1.82, 2.24) is 10.6 Å². The van der Waals surface area contributed by atoms with Crippen LogP contribution in [0.5, 0.6) is 0 Å². The van der Waals surface area contributed by atoms with Gasteiger partial charge in [0.15, 0.2) is 5.96 Å². The first-order valence-electron chi connectivity index (χ1n) is 7.24. The molecule has 0 amide bonds. The molecular formula is C15H28IN3OS. The smallest absolute Gasteiger partial charge is 0.191 e. The normalized spacial score (nSPS) is 14.5. The van der Waals surface area contributed by atoms with Crippen LogP contribution in [0, 0.1) is 5.92 Å². The second-order valence-electron chi connectivity index (χ2n) is 5.56. The predicted octanol–water partition coefficient (Wildman–Crippen LogP) is 3.17. The lowest BCUT2D eigenvalue weighted by atomic mass is 10.1. The molecule has 0 aliphatic carbocycles. The SMILES string of the molecule is CCNC(=NCC(C)(O)c1cccs1)NCCC(C)C.I. The van der Waals surface area contributed by atoms with Crippen LogP contribution in [0.1, 0.15) is 39.0 Å². The summed E-state index contributed by atoms with van der Waals surface area (Å²) in [5, 5.41) is 18.9. The fraction of sp³-hybridized carbons (Fsp3) is 0.667. The van der Waals surface area contributed by atoms with E-state index in [0.717, 1.165) is 30.3 Å². The zero-order chi connectivity index (χ0) is 15.0. The van der Waals surface area contributed by atoms with Crippen molar-refractivity contribution in [2.45, 2.75) is 39.7 Å². The lowest BCUT2D eigenvalue weighted by molar-refractivity contribution is 0.0711. The van der Waals surface area contributed by atoms with Crippen molar-refractivity contribution in [3.8, 4) is 0 Å². The zero-order valence-corrected chi connectivity index (χ0v) is 16.5. The molecule has 0 aromatic carbocycles. The van der Waals surface area contributed by atoms with Crippen LogP contribution < -0.4 is 10.6 Å². The molecule has 21 heavy (non-hydrogen) atoms. The first kappa shape index (κ1) is 20.7. The Kier molecular flexibility index (Phi) is 10.2. The number of nitrogens with zero attached hydrogens (tertiary/aromatic N) is 1. The average molecular weight is 425 g/mol. The minimum atomic E-state index is -0.908. The second kappa shape index (κ2) is 10.4. The van der Waals surface area contributed by atoms with Crippen molar-refractivity contribution in [3.05, 3.63) is 22.4 Å². The molecule has 1 atom stereocenters. The number of aliphatic imine (C=N–C) groups is 1. The van der Waals surface area contributed by atoms with Gasteiger partial charge in [-0.1, -0.05) is 19.9 Å². The van der Waals surface area contributed by atoms with Crippen LogP contribution in [0.15, 0.2) is 22.5 Å². The highest BCUT2D eigenvalue weighted by Crippen LogP contribution is 2.25. The Morgan fingerprint density at radius 1 is 1.43 bits per heavy atom. The van der Waals surface area contributed by atoms with Gasteiger partial charge in [-0.3, -0.25) is 0 Å². The number of hydrogen-bond donors (Lipinski definition) is 3. The molecule has 0 aliphatic rings. The Morgan fingerprint density at radius 3 is 2.67 bits per heavy atom. The Balaban J connectivity index is 0.00000400. The van der Waals surface area contributed by atoms with Gasteiger partial charge in [-0.25, -0.2) is 4.99 Å². The van der Waals surface area contributed by atoms with E-state index in [1.165, 1.54) is 0 Å². The Hall–Kier alpha value is -0.340. The summed E-state index contributed by atoms with van der Waals surface area (Å²) in [5.41, 5.74) is -0.908. The number of guanidine groups is 1. The van der Waals surface area contributed by atoms with E-state index in [2.05, 4.69) is 29.5 Å². The molecule has 0 aliphatic heterocycles. The maximum atomic E-state index is 10.5. The molecule has 6 heteroatoms. The van der Waals surface area contributed by atoms with Gasteiger partial charge < -0.3 is 15.7 Å². The molecule has 0 spiro atoms. The summed E-state index contributed by atoms with van der Waals surface area (Å²) in [6, 6.07) is 3.89. The number of nitrogens with one attached hydrogen (secondary N) is 2. The van der Waals surface area contributed by atoms with E-state index in [1.54, 1.807) is 18.3 Å². The van der Waals surface area contributed by atoms with Crippen LogP contribution >= 0.6 is 35.3 Å². The number of hydrogen-bond acceptors (Lipinski definition) is 3. The molecule has 0 saturated carbocycles. The standard InChI is InChI=1S/C15H27N3OS.HI/c1-5-16-14(17-9-8-12(2)3)18-11-15(4,19)13-7-6-10-20-13;/h6-7,10,12,19H,5,8-9,11H2,1-4H3,(H2,16,17,18);1H. The molecule has 1 rings (SSSR count). The number of thiophene rings is 1. The number of aliphatic hydroxyl groups is 1.